The number of halogens is 1. The van der Waals surface area contributed by atoms with E-state index in [1.165, 1.54) is 6.33 Å². The van der Waals surface area contributed by atoms with Gasteiger partial charge in [-0.15, -0.1) is 0 Å². The van der Waals surface area contributed by atoms with Crippen LogP contribution in [-0.2, 0) is 4.74 Å². The lowest BCUT2D eigenvalue weighted by atomic mass is 10.0. The first-order valence-corrected chi connectivity index (χ1v) is 7.95. The van der Waals surface area contributed by atoms with Crippen LogP contribution in [0.2, 0.25) is 0 Å². The Labute approximate surface area is 135 Å². The maximum absolute atomic E-state index is 8.66. The quantitative estimate of drug-likeness (QED) is 0.334. The summed E-state index contributed by atoms with van der Waals surface area (Å²) in [7, 11) is 0. The van der Waals surface area contributed by atoms with E-state index in [0.717, 1.165) is 27.4 Å². The minimum atomic E-state index is -0.0326. The van der Waals surface area contributed by atoms with Crippen molar-refractivity contribution in [3.05, 3.63) is 26.5 Å². The lowest BCUT2D eigenvalue weighted by Gasteiger charge is -2.18. The van der Waals surface area contributed by atoms with Gasteiger partial charge in [-0.05, 0) is 46.1 Å². The minimum Gasteiger partial charge on any atom is -0.354 e. The molecule has 3 atom stereocenters. The average molecular weight is 398 g/mol. The smallest absolute Gasteiger partial charge is 0.147 e. The van der Waals surface area contributed by atoms with Gasteiger partial charge in [0.25, 0.3) is 0 Å². The van der Waals surface area contributed by atoms with E-state index in [0.29, 0.717) is 17.8 Å². The van der Waals surface area contributed by atoms with Gasteiger partial charge in [0.1, 0.15) is 24.0 Å². The van der Waals surface area contributed by atoms with E-state index in [9.17, 15) is 0 Å². The standard InChI is InChI=1S/C13H15IN6O/c1-3-8-4-7(2)13(21-8)20-5-9(14)10-11(18-19-15)16-6-17-12(10)20/h5-8,13H,3-4H2,1-2H3/t7-,8-,13-/m1/s1. The first kappa shape index (κ1) is 14.6. The Morgan fingerprint density at radius 2 is 2.38 bits per heavy atom. The van der Waals surface area contributed by atoms with Crippen molar-refractivity contribution in [2.75, 3.05) is 0 Å². The summed E-state index contributed by atoms with van der Waals surface area (Å²) < 4.78 is 9.12. The zero-order valence-corrected chi connectivity index (χ0v) is 13.9. The summed E-state index contributed by atoms with van der Waals surface area (Å²) in [6, 6.07) is 0. The number of azide groups is 1. The molecule has 0 N–H and O–H groups in total. The van der Waals surface area contributed by atoms with E-state index >= 15 is 0 Å². The molecular formula is C13H15IN6O. The van der Waals surface area contributed by atoms with E-state index < -0.39 is 0 Å². The lowest BCUT2D eigenvalue weighted by molar-refractivity contribution is -0.00878. The van der Waals surface area contributed by atoms with Crippen LogP contribution in [0.15, 0.2) is 17.6 Å². The van der Waals surface area contributed by atoms with Crippen molar-refractivity contribution in [3.8, 4) is 0 Å². The van der Waals surface area contributed by atoms with Gasteiger partial charge in [-0.25, -0.2) is 9.97 Å². The summed E-state index contributed by atoms with van der Waals surface area (Å²) in [4.78, 5) is 11.3. The van der Waals surface area contributed by atoms with Crippen LogP contribution in [-0.4, -0.2) is 20.6 Å². The van der Waals surface area contributed by atoms with Gasteiger partial charge in [0.05, 0.1) is 11.5 Å². The van der Waals surface area contributed by atoms with Crippen LogP contribution in [0.3, 0.4) is 0 Å². The van der Waals surface area contributed by atoms with Crippen LogP contribution in [0, 0.1) is 9.49 Å². The second kappa shape index (κ2) is 5.78. The Morgan fingerprint density at radius 3 is 3.05 bits per heavy atom. The zero-order valence-electron chi connectivity index (χ0n) is 11.8. The fourth-order valence-electron chi connectivity index (χ4n) is 2.86. The molecule has 2 aromatic rings. The maximum atomic E-state index is 8.66. The molecule has 0 aliphatic carbocycles. The second-order valence-corrected chi connectivity index (χ2v) is 6.40. The topological polar surface area (TPSA) is 88.7 Å². The molecule has 1 fully saturated rings. The van der Waals surface area contributed by atoms with Crippen molar-refractivity contribution in [3.63, 3.8) is 0 Å². The SMILES string of the molecule is CC[C@@H]1C[C@@H](C)[C@H](n2cc(I)c3c(N=[N+]=[N-])ncnc32)O1. The summed E-state index contributed by atoms with van der Waals surface area (Å²) >= 11 is 2.21. The monoisotopic (exact) mass is 398 g/mol. The summed E-state index contributed by atoms with van der Waals surface area (Å²) in [5.74, 6) is 0.780. The molecule has 21 heavy (non-hydrogen) atoms. The van der Waals surface area contributed by atoms with E-state index in [-0.39, 0.29) is 6.23 Å². The average Bonchev–Trinajstić information content (AvgIpc) is 3.00. The molecule has 3 rings (SSSR count). The molecular weight excluding hydrogens is 383 g/mol. The van der Waals surface area contributed by atoms with Crippen LogP contribution >= 0.6 is 22.6 Å². The summed E-state index contributed by atoms with van der Waals surface area (Å²) in [6.45, 7) is 4.33. The largest absolute Gasteiger partial charge is 0.354 e. The van der Waals surface area contributed by atoms with Crippen molar-refractivity contribution >= 4 is 39.4 Å². The van der Waals surface area contributed by atoms with Crippen molar-refractivity contribution < 1.29 is 4.74 Å². The van der Waals surface area contributed by atoms with Crippen LogP contribution in [0.4, 0.5) is 5.82 Å². The molecule has 1 aliphatic heterocycles. The number of ether oxygens (including phenoxy) is 1. The van der Waals surface area contributed by atoms with Gasteiger partial charge >= 0.3 is 0 Å². The number of hydrogen-bond donors (Lipinski definition) is 0. The van der Waals surface area contributed by atoms with Gasteiger partial charge in [-0.2, -0.15) is 0 Å². The highest BCUT2D eigenvalue weighted by Gasteiger charge is 2.33. The molecule has 0 radical (unpaired) electrons. The summed E-state index contributed by atoms with van der Waals surface area (Å²) in [6.07, 6.45) is 5.74. The van der Waals surface area contributed by atoms with Gasteiger partial charge < -0.3 is 9.30 Å². The summed E-state index contributed by atoms with van der Waals surface area (Å²) in [5, 5.41) is 4.44. The third-order valence-corrected chi connectivity index (χ3v) is 4.68. The van der Waals surface area contributed by atoms with Crippen LogP contribution < -0.4 is 0 Å². The molecule has 0 unspecified atom stereocenters. The molecule has 0 aromatic carbocycles. The van der Waals surface area contributed by atoms with Crippen LogP contribution in [0.25, 0.3) is 21.5 Å². The number of fused-ring (bicyclic) bond motifs is 1. The molecule has 2 aromatic heterocycles. The van der Waals surface area contributed by atoms with Crippen molar-refractivity contribution in [1.29, 1.82) is 0 Å². The number of aromatic nitrogens is 3. The van der Waals surface area contributed by atoms with Crippen molar-refractivity contribution in [2.24, 2.45) is 11.0 Å². The first-order chi connectivity index (χ1) is 10.2. The lowest BCUT2D eigenvalue weighted by Crippen LogP contribution is -2.13. The molecule has 7 nitrogen and oxygen atoms in total. The van der Waals surface area contributed by atoms with Gasteiger partial charge in [-0.1, -0.05) is 13.8 Å². The Bertz CT molecular complexity index is 723. The molecule has 1 saturated heterocycles. The molecule has 0 bridgehead atoms. The zero-order chi connectivity index (χ0) is 15.0. The van der Waals surface area contributed by atoms with Gasteiger partial charge in [0, 0.05) is 20.6 Å². The number of hydrogen-bond acceptors (Lipinski definition) is 4. The number of nitrogens with zero attached hydrogens (tertiary/aromatic N) is 6. The first-order valence-electron chi connectivity index (χ1n) is 6.87. The highest BCUT2D eigenvalue weighted by Crippen LogP contribution is 2.39. The molecule has 3 heterocycles. The molecule has 1 aliphatic rings. The highest BCUT2D eigenvalue weighted by atomic mass is 127. The Kier molecular flexibility index (Phi) is 4.01. The van der Waals surface area contributed by atoms with Gasteiger partial charge in [0.2, 0.25) is 0 Å². The summed E-state index contributed by atoms with van der Waals surface area (Å²) in [5.41, 5.74) is 9.42. The number of rotatable bonds is 3. The molecule has 0 saturated carbocycles. The Balaban J connectivity index is 2.12. The minimum absolute atomic E-state index is 0.0326. The maximum Gasteiger partial charge on any atom is 0.147 e. The molecule has 8 heteroatoms. The van der Waals surface area contributed by atoms with E-state index in [2.05, 4.69) is 56.4 Å². The van der Waals surface area contributed by atoms with Crippen LogP contribution in [0.5, 0.6) is 0 Å². The van der Waals surface area contributed by atoms with E-state index in [1.807, 2.05) is 10.8 Å². The van der Waals surface area contributed by atoms with Crippen molar-refractivity contribution in [2.45, 2.75) is 39.0 Å². The fourth-order valence-corrected chi connectivity index (χ4v) is 3.64. The Hall–Kier alpha value is -1.38. The fraction of sp³-hybridized carbons (Fsp3) is 0.538. The van der Waals surface area contributed by atoms with E-state index in [1.54, 1.807) is 0 Å². The van der Waals surface area contributed by atoms with Gasteiger partial charge in [0.15, 0.2) is 0 Å². The predicted molar refractivity (Wildman–Crippen MR) is 87.0 cm³/mol. The third kappa shape index (κ3) is 2.47. The normalized spacial score (nSPS) is 25.2. The highest BCUT2D eigenvalue weighted by molar-refractivity contribution is 14.1. The van der Waals surface area contributed by atoms with E-state index in [4.69, 9.17) is 10.3 Å². The van der Waals surface area contributed by atoms with Crippen molar-refractivity contribution in [1.82, 2.24) is 14.5 Å². The van der Waals surface area contributed by atoms with Crippen LogP contribution in [0.1, 0.15) is 32.9 Å². The molecule has 0 amide bonds. The predicted octanol–water partition coefficient (Wildman–Crippen LogP) is 4.31. The van der Waals surface area contributed by atoms with Gasteiger partial charge in [-0.3, -0.25) is 0 Å². The Morgan fingerprint density at radius 1 is 1.57 bits per heavy atom. The molecule has 0 spiro atoms. The second-order valence-electron chi connectivity index (χ2n) is 5.24. The molecule has 110 valence electrons. The third-order valence-electron chi connectivity index (χ3n) is 3.87.